The van der Waals surface area contributed by atoms with Crippen molar-refractivity contribution in [3.63, 3.8) is 0 Å². The summed E-state index contributed by atoms with van der Waals surface area (Å²) in [6, 6.07) is 0. The molecule has 1 fully saturated rings. The number of ketones is 1. The molecule has 1 aliphatic carbocycles. The molecule has 0 spiro atoms. The molecule has 1 unspecified atom stereocenters. The summed E-state index contributed by atoms with van der Waals surface area (Å²) in [7, 11) is 0. The quantitative estimate of drug-likeness (QED) is 0.448. The van der Waals surface area contributed by atoms with E-state index >= 15 is 0 Å². The van der Waals surface area contributed by atoms with Crippen molar-refractivity contribution >= 4 is 12.1 Å². The van der Waals surface area contributed by atoms with Crippen molar-refractivity contribution in [1.29, 1.82) is 0 Å². The van der Waals surface area contributed by atoms with Gasteiger partial charge in [0.15, 0.2) is 0 Å². The van der Waals surface area contributed by atoms with Crippen LogP contribution < -0.4 is 0 Å². The standard InChI is InChI=1S/C6H8O2.C2H6O/c7-4-5-2-1-3-6(5)8;1-2-3/h4-5H,1-3H2;3H,2H2,1H3. The molecular formula is C8H14O3. The number of aldehydes is 1. The van der Waals surface area contributed by atoms with Gasteiger partial charge in [-0.15, -0.1) is 0 Å². The lowest BCUT2D eigenvalue weighted by atomic mass is 10.1. The van der Waals surface area contributed by atoms with Crippen molar-refractivity contribution in [2.75, 3.05) is 6.61 Å². The van der Waals surface area contributed by atoms with Gasteiger partial charge in [0, 0.05) is 13.0 Å². The third-order valence-electron chi connectivity index (χ3n) is 1.52. The van der Waals surface area contributed by atoms with Crippen molar-refractivity contribution in [1.82, 2.24) is 0 Å². The molecule has 1 N–H and O–H groups in total. The van der Waals surface area contributed by atoms with Crippen LogP contribution in [-0.2, 0) is 9.59 Å². The highest BCUT2D eigenvalue weighted by molar-refractivity contribution is 5.94. The molecule has 11 heavy (non-hydrogen) atoms. The van der Waals surface area contributed by atoms with Crippen molar-refractivity contribution in [2.45, 2.75) is 26.2 Å². The smallest absolute Gasteiger partial charge is 0.143 e. The summed E-state index contributed by atoms with van der Waals surface area (Å²) in [5, 5.41) is 7.57. The van der Waals surface area contributed by atoms with Crippen molar-refractivity contribution in [3.8, 4) is 0 Å². The molecule has 0 aromatic heterocycles. The van der Waals surface area contributed by atoms with Crippen LogP contribution in [0.25, 0.3) is 0 Å². The van der Waals surface area contributed by atoms with Crippen LogP contribution in [0.2, 0.25) is 0 Å². The predicted octanol–water partition coefficient (Wildman–Crippen LogP) is 0.553. The maximum atomic E-state index is 10.6. The first-order valence-electron chi connectivity index (χ1n) is 3.85. The van der Waals surface area contributed by atoms with Crippen molar-refractivity contribution < 1.29 is 14.7 Å². The SMILES string of the molecule is CCO.O=CC1CCCC1=O. The lowest BCUT2D eigenvalue weighted by Crippen LogP contribution is -2.06. The molecule has 64 valence electrons. The van der Waals surface area contributed by atoms with E-state index < -0.39 is 0 Å². The second-order valence-electron chi connectivity index (χ2n) is 2.42. The van der Waals surface area contributed by atoms with Crippen LogP contribution in [0.4, 0.5) is 0 Å². The third-order valence-corrected chi connectivity index (χ3v) is 1.52. The Labute approximate surface area is 66.4 Å². The highest BCUT2D eigenvalue weighted by Crippen LogP contribution is 2.18. The minimum absolute atomic E-state index is 0.125. The highest BCUT2D eigenvalue weighted by atomic mass is 16.2. The van der Waals surface area contributed by atoms with E-state index in [2.05, 4.69) is 0 Å². The highest BCUT2D eigenvalue weighted by Gasteiger charge is 2.22. The van der Waals surface area contributed by atoms with E-state index in [9.17, 15) is 9.59 Å². The Balaban J connectivity index is 0.000000292. The summed E-state index contributed by atoms with van der Waals surface area (Å²) < 4.78 is 0. The van der Waals surface area contributed by atoms with Crippen LogP contribution in [0.5, 0.6) is 0 Å². The Kier molecular flexibility index (Phi) is 5.65. The van der Waals surface area contributed by atoms with Crippen LogP contribution in [-0.4, -0.2) is 23.8 Å². The van der Waals surface area contributed by atoms with Gasteiger partial charge >= 0.3 is 0 Å². The molecule has 1 atom stereocenters. The molecule has 0 heterocycles. The monoisotopic (exact) mass is 158 g/mol. The zero-order chi connectivity index (χ0) is 8.69. The molecule has 1 aliphatic rings. The number of aliphatic hydroxyl groups is 1. The Morgan fingerprint density at radius 1 is 1.73 bits per heavy atom. The van der Waals surface area contributed by atoms with Gasteiger partial charge in [-0.05, 0) is 19.8 Å². The van der Waals surface area contributed by atoms with Crippen LogP contribution >= 0.6 is 0 Å². The van der Waals surface area contributed by atoms with Crippen molar-refractivity contribution in [3.05, 3.63) is 0 Å². The number of Topliss-reactive ketones (excluding diaryl/α,β-unsaturated/α-hetero) is 1. The first-order chi connectivity index (χ1) is 5.26. The summed E-state index contributed by atoms with van der Waals surface area (Å²) in [6.45, 7) is 1.93. The van der Waals surface area contributed by atoms with E-state index in [4.69, 9.17) is 5.11 Å². The molecule has 0 aromatic rings. The van der Waals surface area contributed by atoms with Gasteiger partial charge in [0.05, 0.1) is 5.92 Å². The summed E-state index contributed by atoms with van der Waals surface area (Å²) in [5.74, 6) is -0.130. The van der Waals surface area contributed by atoms with Gasteiger partial charge in [-0.2, -0.15) is 0 Å². The average Bonchev–Trinajstić information content (AvgIpc) is 2.36. The van der Waals surface area contributed by atoms with E-state index in [-0.39, 0.29) is 18.3 Å². The number of aliphatic hydroxyl groups excluding tert-OH is 1. The normalized spacial score (nSPS) is 22.4. The van der Waals surface area contributed by atoms with E-state index in [1.807, 2.05) is 0 Å². The minimum atomic E-state index is -0.255. The van der Waals surface area contributed by atoms with Crippen LogP contribution in [0, 0.1) is 5.92 Å². The molecule has 0 aliphatic heterocycles. The number of hydrogen-bond donors (Lipinski definition) is 1. The number of carbonyl (C=O) groups is 2. The Morgan fingerprint density at radius 2 is 2.27 bits per heavy atom. The third kappa shape index (κ3) is 3.88. The Bertz CT molecular complexity index is 131. The molecule has 0 radical (unpaired) electrons. The largest absolute Gasteiger partial charge is 0.397 e. The average molecular weight is 158 g/mol. The molecule has 3 nitrogen and oxygen atoms in total. The first-order valence-corrected chi connectivity index (χ1v) is 3.85. The van der Waals surface area contributed by atoms with Gasteiger partial charge in [0.25, 0.3) is 0 Å². The summed E-state index contributed by atoms with van der Waals surface area (Å²) >= 11 is 0. The summed E-state index contributed by atoms with van der Waals surface area (Å²) in [4.78, 5) is 20.6. The fraction of sp³-hybridized carbons (Fsp3) is 0.750. The zero-order valence-corrected chi connectivity index (χ0v) is 6.75. The maximum Gasteiger partial charge on any atom is 0.143 e. The fourth-order valence-corrected chi connectivity index (χ4v) is 0.987. The molecule has 1 saturated carbocycles. The van der Waals surface area contributed by atoms with Gasteiger partial charge in [-0.3, -0.25) is 4.79 Å². The van der Waals surface area contributed by atoms with Crippen LogP contribution in [0.3, 0.4) is 0 Å². The molecule has 0 bridgehead atoms. The molecule has 1 rings (SSSR count). The molecular weight excluding hydrogens is 144 g/mol. The number of rotatable bonds is 1. The summed E-state index contributed by atoms with van der Waals surface area (Å²) in [6.07, 6.45) is 3.06. The molecule has 0 saturated heterocycles. The second kappa shape index (κ2) is 6.04. The minimum Gasteiger partial charge on any atom is -0.397 e. The number of carbonyl (C=O) groups excluding carboxylic acids is 2. The molecule has 3 heteroatoms. The van der Waals surface area contributed by atoms with E-state index in [0.29, 0.717) is 6.42 Å². The molecule has 0 amide bonds. The van der Waals surface area contributed by atoms with E-state index in [1.165, 1.54) is 0 Å². The van der Waals surface area contributed by atoms with Crippen LogP contribution in [0.15, 0.2) is 0 Å². The Hall–Kier alpha value is -0.700. The van der Waals surface area contributed by atoms with Crippen LogP contribution in [0.1, 0.15) is 26.2 Å². The van der Waals surface area contributed by atoms with Gasteiger partial charge in [-0.25, -0.2) is 0 Å². The van der Waals surface area contributed by atoms with Gasteiger partial charge in [-0.1, -0.05) is 0 Å². The number of hydrogen-bond acceptors (Lipinski definition) is 3. The predicted molar refractivity (Wildman–Crippen MR) is 41.2 cm³/mol. The fourth-order valence-electron chi connectivity index (χ4n) is 0.987. The summed E-state index contributed by atoms with van der Waals surface area (Å²) in [5.41, 5.74) is 0. The lowest BCUT2D eigenvalue weighted by Gasteiger charge is -1.90. The van der Waals surface area contributed by atoms with E-state index in [0.717, 1.165) is 19.1 Å². The lowest BCUT2D eigenvalue weighted by molar-refractivity contribution is -0.125. The first kappa shape index (κ1) is 10.3. The molecule has 0 aromatic carbocycles. The van der Waals surface area contributed by atoms with E-state index in [1.54, 1.807) is 6.92 Å². The Morgan fingerprint density at radius 3 is 2.45 bits per heavy atom. The van der Waals surface area contributed by atoms with Gasteiger partial charge in [0.2, 0.25) is 0 Å². The van der Waals surface area contributed by atoms with Gasteiger partial charge < -0.3 is 9.90 Å². The van der Waals surface area contributed by atoms with Gasteiger partial charge in [0.1, 0.15) is 12.1 Å². The zero-order valence-electron chi connectivity index (χ0n) is 6.75. The second-order valence-corrected chi connectivity index (χ2v) is 2.42. The van der Waals surface area contributed by atoms with Crippen molar-refractivity contribution in [2.24, 2.45) is 5.92 Å². The topological polar surface area (TPSA) is 54.4 Å². The maximum absolute atomic E-state index is 10.6.